The molecule has 1 aliphatic heterocycles. The van der Waals surface area contributed by atoms with Crippen LogP contribution in [0, 0.1) is 11.8 Å². The van der Waals surface area contributed by atoms with E-state index >= 15 is 0 Å². The van der Waals surface area contributed by atoms with Gasteiger partial charge in [0.25, 0.3) is 0 Å². The Hall–Kier alpha value is -1.06. The predicted octanol–water partition coefficient (Wildman–Crippen LogP) is 0.445. The van der Waals surface area contributed by atoms with E-state index in [9.17, 15) is 4.79 Å². The van der Waals surface area contributed by atoms with E-state index in [0.717, 1.165) is 19.3 Å². The van der Waals surface area contributed by atoms with Gasteiger partial charge in [-0.3, -0.25) is 4.79 Å². The zero-order valence-corrected chi connectivity index (χ0v) is 6.73. The molecule has 2 rings (SSSR count). The summed E-state index contributed by atoms with van der Waals surface area (Å²) >= 11 is 0. The molecule has 4 nitrogen and oxygen atoms in total. The quantitative estimate of drug-likeness (QED) is 0.597. The minimum Gasteiger partial charge on any atom is -0.481 e. The van der Waals surface area contributed by atoms with Crippen LogP contribution >= 0.6 is 0 Å². The lowest BCUT2D eigenvalue weighted by Crippen LogP contribution is -2.36. The summed E-state index contributed by atoms with van der Waals surface area (Å²) in [5.41, 5.74) is 2.99. The Kier molecular flexibility index (Phi) is 1.75. The first-order valence-electron chi connectivity index (χ1n) is 4.29. The molecule has 0 aromatic rings. The first kappa shape index (κ1) is 7.58. The van der Waals surface area contributed by atoms with Gasteiger partial charge in [-0.15, -0.1) is 0 Å². The van der Waals surface area contributed by atoms with E-state index in [-0.39, 0.29) is 5.92 Å². The number of hydrogen-bond donors (Lipinski definition) is 2. The van der Waals surface area contributed by atoms with Gasteiger partial charge in [-0.05, 0) is 19.3 Å². The van der Waals surface area contributed by atoms with E-state index < -0.39 is 5.97 Å². The maximum atomic E-state index is 10.7. The molecule has 0 radical (unpaired) electrons. The fourth-order valence-electron chi connectivity index (χ4n) is 1.99. The first-order valence-corrected chi connectivity index (χ1v) is 4.29. The Morgan fingerprint density at radius 3 is 3.17 bits per heavy atom. The Morgan fingerprint density at radius 1 is 1.58 bits per heavy atom. The Bertz CT molecular complexity index is 227. The molecule has 0 amide bonds. The minimum absolute atomic E-state index is 0.155. The summed E-state index contributed by atoms with van der Waals surface area (Å²) in [5, 5.41) is 12.7. The molecular formula is C8H12N2O2. The molecule has 12 heavy (non-hydrogen) atoms. The average molecular weight is 168 g/mol. The SMILES string of the molecule is O=C(O)C1CCC2NN=CC2C1. The van der Waals surface area contributed by atoms with Crippen molar-refractivity contribution < 1.29 is 9.90 Å². The van der Waals surface area contributed by atoms with Crippen LogP contribution in [-0.4, -0.2) is 23.3 Å². The largest absolute Gasteiger partial charge is 0.481 e. The fraction of sp³-hybridized carbons (Fsp3) is 0.750. The van der Waals surface area contributed by atoms with Crippen LogP contribution < -0.4 is 5.43 Å². The van der Waals surface area contributed by atoms with Crippen molar-refractivity contribution in [3.8, 4) is 0 Å². The lowest BCUT2D eigenvalue weighted by atomic mass is 9.79. The number of carbonyl (C=O) groups is 1. The third-order valence-corrected chi connectivity index (χ3v) is 2.76. The average Bonchev–Trinajstić information content (AvgIpc) is 2.49. The van der Waals surface area contributed by atoms with Crippen LogP contribution in [0.3, 0.4) is 0 Å². The van der Waals surface area contributed by atoms with Gasteiger partial charge >= 0.3 is 5.97 Å². The van der Waals surface area contributed by atoms with Crippen molar-refractivity contribution >= 4 is 12.2 Å². The standard InChI is InChI=1S/C8H12N2O2/c11-8(12)5-1-2-7-6(3-5)4-9-10-7/h4-7,10H,1-3H2,(H,11,12). The summed E-state index contributed by atoms with van der Waals surface area (Å²) in [4.78, 5) is 10.7. The molecule has 2 N–H and O–H groups in total. The summed E-state index contributed by atoms with van der Waals surface area (Å²) in [6, 6.07) is 0.403. The van der Waals surface area contributed by atoms with Crippen LogP contribution in [0.25, 0.3) is 0 Å². The lowest BCUT2D eigenvalue weighted by Gasteiger charge is -2.27. The highest BCUT2D eigenvalue weighted by molar-refractivity contribution is 5.72. The molecule has 0 aromatic heterocycles. The number of nitrogens with one attached hydrogen (secondary N) is 1. The molecule has 66 valence electrons. The smallest absolute Gasteiger partial charge is 0.306 e. The molecule has 3 atom stereocenters. The van der Waals surface area contributed by atoms with Gasteiger partial charge in [0.1, 0.15) is 0 Å². The third-order valence-electron chi connectivity index (χ3n) is 2.76. The van der Waals surface area contributed by atoms with Gasteiger partial charge in [-0.1, -0.05) is 0 Å². The molecule has 3 unspecified atom stereocenters. The number of hydrogen-bond acceptors (Lipinski definition) is 3. The summed E-state index contributed by atoms with van der Waals surface area (Å²) in [7, 11) is 0. The van der Waals surface area contributed by atoms with E-state index in [0.29, 0.717) is 12.0 Å². The molecule has 0 aromatic carbocycles. The highest BCUT2D eigenvalue weighted by Gasteiger charge is 2.34. The molecule has 0 saturated heterocycles. The second kappa shape index (κ2) is 2.77. The molecule has 0 spiro atoms. The highest BCUT2D eigenvalue weighted by atomic mass is 16.4. The number of rotatable bonds is 1. The van der Waals surface area contributed by atoms with Gasteiger partial charge < -0.3 is 10.5 Å². The fourth-order valence-corrected chi connectivity index (χ4v) is 1.99. The van der Waals surface area contributed by atoms with Crippen molar-refractivity contribution in [1.29, 1.82) is 0 Å². The summed E-state index contributed by atoms with van der Waals surface area (Å²) in [6.07, 6.45) is 4.31. The molecule has 1 saturated carbocycles. The monoisotopic (exact) mass is 168 g/mol. The van der Waals surface area contributed by atoms with Crippen LogP contribution in [0.2, 0.25) is 0 Å². The highest BCUT2D eigenvalue weighted by Crippen LogP contribution is 2.30. The van der Waals surface area contributed by atoms with Gasteiger partial charge in [0, 0.05) is 12.1 Å². The van der Waals surface area contributed by atoms with Crippen LogP contribution in [0.15, 0.2) is 5.10 Å². The topological polar surface area (TPSA) is 61.7 Å². The van der Waals surface area contributed by atoms with Gasteiger partial charge in [-0.25, -0.2) is 0 Å². The number of carboxylic acids is 1. The minimum atomic E-state index is -0.659. The van der Waals surface area contributed by atoms with Crippen molar-refractivity contribution in [3.05, 3.63) is 0 Å². The van der Waals surface area contributed by atoms with Crippen molar-refractivity contribution in [2.75, 3.05) is 0 Å². The number of hydrazone groups is 1. The van der Waals surface area contributed by atoms with E-state index in [2.05, 4.69) is 10.5 Å². The summed E-state index contributed by atoms with van der Waals surface area (Å²) < 4.78 is 0. The summed E-state index contributed by atoms with van der Waals surface area (Å²) in [6.45, 7) is 0. The van der Waals surface area contributed by atoms with Crippen LogP contribution in [0.4, 0.5) is 0 Å². The number of aliphatic carboxylic acids is 1. The van der Waals surface area contributed by atoms with E-state index in [1.54, 1.807) is 0 Å². The molecule has 0 bridgehead atoms. The number of nitrogens with zero attached hydrogens (tertiary/aromatic N) is 1. The molecule has 1 heterocycles. The predicted molar refractivity (Wildman–Crippen MR) is 43.9 cm³/mol. The molecule has 4 heteroatoms. The number of carboxylic acid groups (broad SMARTS) is 1. The van der Waals surface area contributed by atoms with E-state index in [1.807, 2.05) is 6.21 Å². The summed E-state index contributed by atoms with van der Waals surface area (Å²) in [5.74, 6) is -0.466. The van der Waals surface area contributed by atoms with E-state index in [4.69, 9.17) is 5.11 Å². The molecule has 2 aliphatic rings. The first-order chi connectivity index (χ1) is 5.77. The van der Waals surface area contributed by atoms with Crippen molar-refractivity contribution in [2.24, 2.45) is 16.9 Å². The van der Waals surface area contributed by atoms with Gasteiger partial charge in [0.15, 0.2) is 0 Å². The van der Waals surface area contributed by atoms with Crippen molar-refractivity contribution in [1.82, 2.24) is 5.43 Å². The maximum absolute atomic E-state index is 10.7. The zero-order valence-electron chi connectivity index (χ0n) is 6.73. The van der Waals surface area contributed by atoms with Gasteiger partial charge in [0.05, 0.1) is 12.0 Å². The third kappa shape index (κ3) is 1.17. The van der Waals surface area contributed by atoms with E-state index in [1.165, 1.54) is 0 Å². The van der Waals surface area contributed by atoms with Gasteiger partial charge in [-0.2, -0.15) is 5.10 Å². The van der Waals surface area contributed by atoms with Crippen LogP contribution in [0.5, 0.6) is 0 Å². The van der Waals surface area contributed by atoms with Gasteiger partial charge in [0.2, 0.25) is 0 Å². The zero-order chi connectivity index (χ0) is 8.55. The number of fused-ring (bicyclic) bond motifs is 1. The second-order valence-corrected chi connectivity index (χ2v) is 3.53. The van der Waals surface area contributed by atoms with Crippen molar-refractivity contribution in [2.45, 2.75) is 25.3 Å². The lowest BCUT2D eigenvalue weighted by molar-refractivity contribution is -0.143. The Balaban J connectivity index is 2.00. The normalized spacial score (nSPS) is 38.8. The van der Waals surface area contributed by atoms with Crippen LogP contribution in [-0.2, 0) is 4.79 Å². The molecule has 1 fully saturated rings. The Labute approximate surface area is 70.7 Å². The Morgan fingerprint density at radius 2 is 2.42 bits per heavy atom. The van der Waals surface area contributed by atoms with Crippen LogP contribution in [0.1, 0.15) is 19.3 Å². The molecular weight excluding hydrogens is 156 g/mol. The second-order valence-electron chi connectivity index (χ2n) is 3.53. The van der Waals surface area contributed by atoms with Crippen molar-refractivity contribution in [3.63, 3.8) is 0 Å². The maximum Gasteiger partial charge on any atom is 0.306 e. The molecule has 1 aliphatic carbocycles.